The van der Waals surface area contributed by atoms with Gasteiger partial charge in [0.15, 0.2) is 0 Å². The molecule has 21 heavy (non-hydrogen) atoms. The van der Waals surface area contributed by atoms with Crippen molar-refractivity contribution in [3.8, 4) is 0 Å². The van der Waals surface area contributed by atoms with Gasteiger partial charge in [-0.2, -0.15) is 5.10 Å². The summed E-state index contributed by atoms with van der Waals surface area (Å²) >= 11 is 1.30. The fourth-order valence-corrected chi connectivity index (χ4v) is 3.57. The molecule has 0 radical (unpaired) electrons. The molecule has 1 aliphatic rings. The number of anilines is 1. The molecule has 0 bridgehead atoms. The van der Waals surface area contributed by atoms with Gasteiger partial charge in [0, 0.05) is 25.1 Å². The van der Waals surface area contributed by atoms with E-state index in [9.17, 15) is 4.79 Å². The Morgan fingerprint density at radius 1 is 1.62 bits per heavy atom. The maximum Gasteiger partial charge on any atom is 0.266 e. The SMILES string of the molecule is CCN(CC1CCCO1)C(=O)c1sc2nnccc2c1N. The van der Waals surface area contributed by atoms with Crippen LogP contribution in [0.25, 0.3) is 10.2 Å². The minimum Gasteiger partial charge on any atom is -0.397 e. The fraction of sp³-hybridized carbons (Fsp3) is 0.500. The molecule has 2 aromatic heterocycles. The summed E-state index contributed by atoms with van der Waals surface area (Å²) in [6, 6.07) is 1.79. The van der Waals surface area contributed by atoms with Crippen LogP contribution in [-0.2, 0) is 4.74 Å². The maximum absolute atomic E-state index is 12.7. The molecule has 0 saturated carbocycles. The molecule has 0 spiro atoms. The Kier molecular flexibility index (Phi) is 4.03. The monoisotopic (exact) mass is 306 g/mol. The molecule has 3 heterocycles. The molecular weight excluding hydrogens is 288 g/mol. The summed E-state index contributed by atoms with van der Waals surface area (Å²) in [6.45, 7) is 4.01. The van der Waals surface area contributed by atoms with Crippen molar-refractivity contribution >= 4 is 33.1 Å². The van der Waals surface area contributed by atoms with E-state index in [4.69, 9.17) is 10.5 Å². The summed E-state index contributed by atoms with van der Waals surface area (Å²) < 4.78 is 5.62. The minimum atomic E-state index is -0.0477. The second kappa shape index (κ2) is 5.95. The molecule has 1 unspecified atom stereocenters. The zero-order valence-corrected chi connectivity index (χ0v) is 12.7. The number of carbonyl (C=O) groups is 1. The predicted molar refractivity (Wildman–Crippen MR) is 82.4 cm³/mol. The van der Waals surface area contributed by atoms with E-state index in [0.29, 0.717) is 28.5 Å². The molecule has 2 N–H and O–H groups in total. The Labute approximate surface area is 126 Å². The molecule has 6 nitrogen and oxygen atoms in total. The lowest BCUT2D eigenvalue weighted by Crippen LogP contribution is -2.37. The highest BCUT2D eigenvalue weighted by Crippen LogP contribution is 2.32. The zero-order valence-electron chi connectivity index (χ0n) is 11.9. The van der Waals surface area contributed by atoms with Crippen LogP contribution in [0.1, 0.15) is 29.4 Å². The van der Waals surface area contributed by atoms with Crippen LogP contribution >= 0.6 is 11.3 Å². The van der Waals surface area contributed by atoms with E-state index < -0.39 is 0 Å². The first-order valence-electron chi connectivity index (χ1n) is 7.11. The van der Waals surface area contributed by atoms with Gasteiger partial charge in [0.1, 0.15) is 9.71 Å². The zero-order chi connectivity index (χ0) is 14.8. The molecule has 7 heteroatoms. The third-order valence-corrected chi connectivity index (χ3v) is 4.83. The second-order valence-corrected chi connectivity index (χ2v) is 6.07. The minimum absolute atomic E-state index is 0.0477. The topological polar surface area (TPSA) is 81.3 Å². The van der Waals surface area contributed by atoms with E-state index in [2.05, 4.69) is 10.2 Å². The highest BCUT2D eigenvalue weighted by atomic mass is 32.1. The van der Waals surface area contributed by atoms with Gasteiger partial charge >= 0.3 is 0 Å². The molecule has 1 fully saturated rings. The van der Waals surface area contributed by atoms with Crippen LogP contribution in [-0.4, -0.2) is 46.8 Å². The van der Waals surface area contributed by atoms with Gasteiger partial charge in [0.05, 0.1) is 18.0 Å². The number of likely N-dealkylation sites (N-methyl/N-ethyl adjacent to an activating group) is 1. The van der Waals surface area contributed by atoms with E-state index in [0.717, 1.165) is 24.8 Å². The third kappa shape index (κ3) is 2.71. The first-order chi connectivity index (χ1) is 10.2. The van der Waals surface area contributed by atoms with Gasteiger partial charge in [0.25, 0.3) is 5.91 Å². The number of hydrogen-bond acceptors (Lipinski definition) is 6. The van der Waals surface area contributed by atoms with Crippen LogP contribution in [0.2, 0.25) is 0 Å². The lowest BCUT2D eigenvalue weighted by atomic mass is 10.2. The van der Waals surface area contributed by atoms with Gasteiger partial charge in [-0.15, -0.1) is 16.4 Å². The number of amides is 1. The summed E-state index contributed by atoms with van der Waals surface area (Å²) in [5, 5.41) is 8.66. The highest BCUT2D eigenvalue weighted by molar-refractivity contribution is 7.21. The number of fused-ring (bicyclic) bond motifs is 1. The van der Waals surface area contributed by atoms with E-state index >= 15 is 0 Å². The molecule has 2 aromatic rings. The Hall–Kier alpha value is -1.73. The normalized spacial score (nSPS) is 18.2. The molecule has 0 aromatic carbocycles. The van der Waals surface area contributed by atoms with Crippen LogP contribution in [0.5, 0.6) is 0 Å². The molecule has 1 amide bonds. The number of nitrogens with zero attached hydrogens (tertiary/aromatic N) is 3. The number of aromatic nitrogens is 2. The van der Waals surface area contributed by atoms with Crippen molar-refractivity contribution in [2.45, 2.75) is 25.9 Å². The Morgan fingerprint density at radius 3 is 3.14 bits per heavy atom. The third-order valence-electron chi connectivity index (χ3n) is 3.73. The summed E-state index contributed by atoms with van der Waals surface area (Å²) in [7, 11) is 0. The molecule has 1 saturated heterocycles. The smallest absolute Gasteiger partial charge is 0.266 e. The standard InChI is InChI=1S/C14H18N4O2S/c1-2-18(8-9-4-3-7-20-9)14(19)12-11(15)10-5-6-16-17-13(10)21-12/h5-6,9H,2-4,7-8,15H2,1H3. The Balaban J connectivity index is 1.85. The van der Waals surface area contributed by atoms with Crippen molar-refractivity contribution in [1.29, 1.82) is 0 Å². The summed E-state index contributed by atoms with van der Waals surface area (Å²) in [5.74, 6) is -0.0477. The molecule has 112 valence electrons. The maximum atomic E-state index is 12.7. The molecule has 1 aliphatic heterocycles. The van der Waals surface area contributed by atoms with Gasteiger partial charge < -0.3 is 15.4 Å². The van der Waals surface area contributed by atoms with Crippen LogP contribution in [0, 0.1) is 0 Å². The van der Waals surface area contributed by atoms with E-state index in [-0.39, 0.29) is 12.0 Å². The Bertz CT molecular complexity index is 651. The van der Waals surface area contributed by atoms with Crippen LogP contribution in [0.3, 0.4) is 0 Å². The average molecular weight is 306 g/mol. The first-order valence-corrected chi connectivity index (χ1v) is 7.93. The van der Waals surface area contributed by atoms with Crippen molar-refractivity contribution in [3.05, 3.63) is 17.1 Å². The fourth-order valence-electron chi connectivity index (χ4n) is 2.57. The van der Waals surface area contributed by atoms with Crippen molar-refractivity contribution in [1.82, 2.24) is 15.1 Å². The number of nitrogen functional groups attached to an aromatic ring is 1. The van der Waals surface area contributed by atoms with Crippen molar-refractivity contribution in [2.75, 3.05) is 25.4 Å². The summed E-state index contributed by atoms with van der Waals surface area (Å²) in [6.07, 6.45) is 3.81. The van der Waals surface area contributed by atoms with Crippen molar-refractivity contribution in [2.24, 2.45) is 0 Å². The Morgan fingerprint density at radius 2 is 2.48 bits per heavy atom. The quantitative estimate of drug-likeness (QED) is 0.933. The summed E-state index contributed by atoms with van der Waals surface area (Å²) in [4.78, 5) is 15.7. The highest BCUT2D eigenvalue weighted by Gasteiger charge is 2.25. The van der Waals surface area contributed by atoms with Crippen LogP contribution in [0.15, 0.2) is 12.3 Å². The lowest BCUT2D eigenvalue weighted by Gasteiger charge is -2.23. The van der Waals surface area contributed by atoms with E-state index in [1.54, 1.807) is 17.2 Å². The first kappa shape index (κ1) is 14.2. The second-order valence-electron chi connectivity index (χ2n) is 5.07. The summed E-state index contributed by atoms with van der Waals surface area (Å²) in [5.41, 5.74) is 6.61. The number of carbonyl (C=O) groups excluding carboxylic acids is 1. The number of nitrogens with two attached hydrogens (primary N) is 1. The number of hydrogen-bond donors (Lipinski definition) is 1. The van der Waals surface area contributed by atoms with Crippen LogP contribution in [0.4, 0.5) is 5.69 Å². The van der Waals surface area contributed by atoms with Crippen molar-refractivity contribution in [3.63, 3.8) is 0 Å². The number of thiophene rings is 1. The molecule has 1 atom stereocenters. The van der Waals surface area contributed by atoms with Gasteiger partial charge in [-0.1, -0.05) is 0 Å². The predicted octanol–water partition coefficient (Wildman–Crippen LogP) is 1.91. The molecule has 0 aliphatic carbocycles. The molecular formula is C14H18N4O2S. The van der Waals surface area contributed by atoms with Crippen LogP contribution < -0.4 is 5.73 Å². The van der Waals surface area contributed by atoms with Gasteiger partial charge in [-0.25, -0.2) is 0 Å². The van der Waals surface area contributed by atoms with Crippen molar-refractivity contribution < 1.29 is 9.53 Å². The average Bonchev–Trinajstić information content (AvgIpc) is 3.13. The number of rotatable bonds is 4. The lowest BCUT2D eigenvalue weighted by molar-refractivity contribution is 0.0543. The largest absolute Gasteiger partial charge is 0.397 e. The van der Waals surface area contributed by atoms with Gasteiger partial charge in [-0.3, -0.25) is 4.79 Å². The van der Waals surface area contributed by atoms with Gasteiger partial charge in [-0.05, 0) is 25.8 Å². The van der Waals surface area contributed by atoms with E-state index in [1.165, 1.54) is 11.3 Å². The molecule has 3 rings (SSSR count). The van der Waals surface area contributed by atoms with Gasteiger partial charge in [0.2, 0.25) is 0 Å². The van der Waals surface area contributed by atoms with E-state index in [1.807, 2.05) is 6.92 Å². The number of ether oxygens (including phenoxy) is 1.